The quantitative estimate of drug-likeness (QED) is 0.921. The fourth-order valence-corrected chi connectivity index (χ4v) is 3.17. The lowest BCUT2D eigenvalue weighted by Crippen LogP contribution is -2.35. The summed E-state index contributed by atoms with van der Waals surface area (Å²) in [5, 5.41) is 12.2. The number of benzene rings is 1. The Morgan fingerprint density at radius 1 is 1.32 bits per heavy atom. The van der Waals surface area contributed by atoms with Gasteiger partial charge in [-0.1, -0.05) is 24.4 Å². The van der Waals surface area contributed by atoms with Gasteiger partial charge in [-0.2, -0.15) is 0 Å². The first-order valence-corrected chi connectivity index (χ1v) is 6.95. The maximum absolute atomic E-state index is 10.6. The molecule has 1 aromatic carbocycles. The first-order valence-electron chi connectivity index (χ1n) is 6.57. The summed E-state index contributed by atoms with van der Waals surface area (Å²) in [6.45, 7) is 0. The third kappa shape index (κ3) is 2.16. The second-order valence-corrected chi connectivity index (χ2v) is 5.65. The van der Waals surface area contributed by atoms with E-state index in [1.165, 1.54) is 0 Å². The first kappa shape index (κ1) is 13.0. The molecule has 1 aliphatic carbocycles. The summed E-state index contributed by atoms with van der Waals surface area (Å²) in [5.74, 6) is 0.556. The molecule has 0 amide bonds. The van der Waals surface area contributed by atoms with Crippen LogP contribution in [0.3, 0.4) is 0 Å². The number of aliphatic hydroxyl groups excluding tert-OH is 1. The van der Waals surface area contributed by atoms with Gasteiger partial charge in [0.2, 0.25) is 0 Å². The number of halogens is 1. The van der Waals surface area contributed by atoms with E-state index < -0.39 is 11.7 Å². The average Bonchev–Trinajstić information content (AvgIpc) is 3.04. The SMILES string of the molecule is COC1(C(O)c2cc3cc(Cl)ccc3o2)CCCC1. The Balaban J connectivity index is 1.99. The summed E-state index contributed by atoms with van der Waals surface area (Å²) in [6, 6.07) is 7.29. The van der Waals surface area contributed by atoms with Crippen LogP contribution in [0.2, 0.25) is 5.02 Å². The highest BCUT2D eigenvalue weighted by atomic mass is 35.5. The van der Waals surface area contributed by atoms with E-state index in [1.807, 2.05) is 18.2 Å². The largest absolute Gasteiger partial charge is 0.458 e. The molecule has 0 spiro atoms. The maximum Gasteiger partial charge on any atom is 0.140 e. The van der Waals surface area contributed by atoms with Gasteiger partial charge in [-0.3, -0.25) is 0 Å². The van der Waals surface area contributed by atoms with Gasteiger partial charge in [-0.15, -0.1) is 0 Å². The number of fused-ring (bicyclic) bond motifs is 1. The molecule has 2 aromatic rings. The summed E-state index contributed by atoms with van der Waals surface area (Å²) in [4.78, 5) is 0. The Bertz CT molecular complexity index is 584. The zero-order valence-electron chi connectivity index (χ0n) is 10.9. The smallest absolute Gasteiger partial charge is 0.140 e. The van der Waals surface area contributed by atoms with E-state index in [-0.39, 0.29) is 0 Å². The second-order valence-electron chi connectivity index (χ2n) is 5.21. The van der Waals surface area contributed by atoms with Gasteiger partial charge < -0.3 is 14.3 Å². The van der Waals surface area contributed by atoms with E-state index in [2.05, 4.69) is 0 Å². The summed E-state index contributed by atoms with van der Waals surface area (Å²) in [5.41, 5.74) is 0.236. The Kier molecular flexibility index (Phi) is 3.29. The fraction of sp³-hybridized carbons (Fsp3) is 0.467. The molecule has 0 saturated heterocycles. The van der Waals surface area contributed by atoms with E-state index in [0.717, 1.165) is 36.7 Å². The van der Waals surface area contributed by atoms with Crippen LogP contribution in [0, 0.1) is 0 Å². The normalized spacial score (nSPS) is 19.9. The first-order chi connectivity index (χ1) is 9.14. The van der Waals surface area contributed by atoms with E-state index in [9.17, 15) is 5.11 Å². The van der Waals surface area contributed by atoms with Crippen LogP contribution in [0.4, 0.5) is 0 Å². The number of hydrogen-bond acceptors (Lipinski definition) is 3. The molecular weight excluding hydrogens is 264 g/mol. The van der Waals surface area contributed by atoms with Crippen LogP contribution in [0.1, 0.15) is 37.5 Å². The third-order valence-corrected chi connectivity index (χ3v) is 4.36. The number of ether oxygens (including phenoxy) is 1. The molecule has 0 aliphatic heterocycles. The summed E-state index contributed by atoms with van der Waals surface area (Å²) in [7, 11) is 1.66. The average molecular weight is 281 g/mol. The molecule has 1 N–H and O–H groups in total. The predicted molar refractivity (Wildman–Crippen MR) is 74.4 cm³/mol. The molecule has 1 unspecified atom stereocenters. The maximum atomic E-state index is 10.6. The van der Waals surface area contributed by atoms with Crippen LogP contribution in [0.5, 0.6) is 0 Å². The van der Waals surface area contributed by atoms with Crippen molar-refractivity contribution in [2.24, 2.45) is 0 Å². The van der Waals surface area contributed by atoms with E-state index in [0.29, 0.717) is 10.8 Å². The van der Waals surface area contributed by atoms with E-state index >= 15 is 0 Å². The topological polar surface area (TPSA) is 42.6 Å². The fourth-order valence-electron chi connectivity index (χ4n) is 2.99. The number of rotatable bonds is 3. The second kappa shape index (κ2) is 4.82. The summed E-state index contributed by atoms with van der Waals surface area (Å²) < 4.78 is 11.3. The van der Waals surface area contributed by atoms with Gasteiger partial charge in [0, 0.05) is 17.5 Å². The number of furan rings is 1. The van der Waals surface area contributed by atoms with Crippen molar-refractivity contribution in [2.75, 3.05) is 7.11 Å². The van der Waals surface area contributed by atoms with Gasteiger partial charge >= 0.3 is 0 Å². The highest BCUT2D eigenvalue weighted by molar-refractivity contribution is 6.31. The van der Waals surface area contributed by atoms with Crippen molar-refractivity contribution in [1.29, 1.82) is 0 Å². The monoisotopic (exact) mass is 280 g/mol. The Morgan fingerprint density at radius 3 is 2.74 bits per heavy atom. The molecule has 1 aliphatic rings. The summed E-state index contributed by atoms with van der Waals surface area (Å²) in [6.07, 6.45) is 3.16. The molecule has 3 nitrogen and oxygen atoms in total. The minimum absolute atomic E-state index is 0.502. The van der Waals surface area contributed by atoms with Crippen molar-refractivity contribution in [3.8, 4) is 0 Å². The van der Waals surface area contributed by atoms with E-state index in [1.54, 1.807) is 13.2 Å². The Hall–Kier alpha value is -1.03. The van der Waals surface area contributed by atoms with Gasteiger partial charge in [-0.05, 0) is 37.1 Å². The molecule has 102 valence electrons. The summed E-state index contributed by atoms with van der Waals surface area (Å²) >= 11 is 5.96. The van der Waals surface area contributed by atoms with Gasteiger partial charge in [0.05, 0.1) is 0 Å². The molecule has 0 bridgehead atoms. The minimum atomic E-state index is -0.730. The molecule has 1 atom stereocenters. The predicted octanol–water partition coefficient (Wildman–Crippen LogP) is 4.08. The zero-order chi connectivity index (χ0) is 13.5. The molecular formula is C15H17ClO3. The van der Waals surface area contributed by atoms with Crippen LogP contribution in [0.25, 0.3) is 11.0 Å². The Labute approximate surface area is 117 Å². The van der Waals surface area contributed by atoms with E-state index in [4.69, 9.17) is 20.8 Å². The number of hydrogen-bond donors (Lipinski definition) is 1. The van der Waals surface area contributed by atoms with Crippen molar-refractivity contribution in [2.45, 2.75) is 37.4 Å². The zero-order valence-corrected chi connectivity index (χ0v) is 11.6. The van der Waals surface area contributed by atoms with Crippen molar-refractivity contribution in [1.82, 2.24) is 0 Å². The van der Waals surface area contributed by atoms with Crippen LogP contribution in [-0.4, -0.2) is 17.8 Å². The molecule has 4 heteroatoms. The van der Waals surface area contributed by atoms with Crippen LogP contribution in [-0.2, 0) is 4.74 Å². The molecule has 1 aromatic heterocycles. The van der Waals surface area contributed by atoms with Crippen LogP contribution >= 0.6 is 11.6 Å². The molecule has 1 saturated carbocycles. The lowest BCUT2D eigenvalue weighted by molar-refractivity contribution is -0.107. The van der Waals surface area contributed by atoms with Crippen LogP contribution < -0.4 is 0 Å². The number of aliphatic hydroxyl groups is 1. The third-order valence-electron chi connectivity index (χ3n) is 4.12. The lowest BCUT2D eigenvalue weighted by Gasteiger charge is -2.31. The molecule has 1 fully saturated rings. The van der Waals surface area contributed by atoms with Crippen LogP contribution in [0.15, 0.2) is 28.7 Å². The Morgan fingerprint density at radius 2 is 2.05 bits per heavy atom. The molecule has 19 heavy (non-hydrogen) atoms. The molecule has 3 rings (SSSR count). The number of methoxy groups -OCH3 is 1. The molecule has 0 radical (unpaired) electrons. The van der Waals surface area contributed by atoms with Gasteiger partial charge in [0.1, 0.15) is 23.0 Å². The molecule has 1 heterocycles. The van der Waals surface area contributed by atoms with Gasteiger partial charge in [-0.25, -0.2) is 0 Å². The minimum Gasteiger partial charge on any atom is -0.458 e. The lowest BCUT2D eigenvalue weighted by atomic mass is 9.92. The van der Waals surface area contributed by atoms with Crippen molar-refractivity contribution in [3.05, 3.63) is 35.0 Å². The van der Waals surface area contributed by atoms with Gasteiger partial charge in [0.15, 0.2) is 0 Å². The van der Waals surface area contributed by atoms with Crippen molar-refractivity contribution in [3.63, 3.8) is 0 Å². The highest BCUT2D eigenvalue weighted by Crippen LogP contribution is 2.43. The van der Waals surface area contributed by atoms with Crippen molar-refractivity contribution < 1.29 is 14.3 Å². The highest BCUT2D eigenvalue weighted by Gasteiger charge is 2.43. The van der Waals surface area contributed by atoms with Gasteiger partial charge in [0.25, 0.3) is 0 Å². The standard InChI is InChI=1S/C15H17ClO3/c1-18-15(6-2-3-7-15)14(17)13-9-10-8-11(16)4-5-12(10)19-13/h4-5,8-9,14,17H,2-3,6-7H2,1H3. The van der Waals surface area contributed by atoms with Crippen molar-refractivity contribution >= 4 is 22.6 Å².